The smallest absolute Gasteiger partial charge is 0.257 e. The van der Waals surface area contributed by atoms with Crippen LogP contribution in [0.2, 0.25) is 0 Å². The molecular weight excluding hydrogens is 270 g/mol. The largest absolute Gasteiger partial charge is 0.497 e. The average Bonchev–Trinajstić information content (AvgIpc) is 3.15. The lowest BCUT2D eigenvalue weighted by molar-refractivity contribution is 0.0766. The number of rotatable bonds is 3. The van der Waals surface area contributed by atoms with Crippen LogP contribution in [0.1, 0.15) is 16.8 Å². The zero-order chi connectivity index (χ0) is 14.8. The summed E-state index contributed by atoms with van der Waals surface area (Å²) in [5, 5.41) is 16.4. The third kappa shape index (κ3) is 2.62. The van der Waals surface area contributed by atoms with Gasteiger partial charge in [0.2, 0.25) is 0 Å². The molecular formula is C15H17N3O3. The Balaban J connectivity index is 1.87. The van der Waals surface area contributed by atoms with E-state index in [0.717, 1.165) is 11.3 Å². The second-order valence-corrected chi connectivity index (χ2v) is 5.08. The number of hydrogen-bond acceptors (Lipinski definition) is 4. The Bertz CT molecular complexity index is 636. The fourth-order valence-corrected chi connectivity index (χ4v) is 2.52. The summed E-state index contributed by atoms with van der Waals surface area (Å²) in [6, 6.07) is 7.43. The molecule has 3 rings (SSSR count). The van der Waals surface area contributed by atoms with Crippen LogP contribution in [0.4, 0.5) is 0 Å². The number of β-amino-alcohol motifs (C(OH)–C–C–N with tert-alkyl or cyclic N) is 1. The highest BCUT2D eigenvalue weighted by Gasteiger charge is 2.27. The first kappa shape index (κ1) is 13.6. The van der Waals surface area contributed by atoms with E-state index < -0.39 is 6.10 Å². The van der Waals surface area contributed by atoms with Gasteiger partial charge in [0.05, 0.1) is 30.7 Å². The number of carbonyl (C=O) groups is 1. The van der Waals surface area contributed by atoms with Gasteiger partial charge in [-0.1, -0.05) is 0 Å². The molecule has 2 N–H and O–H groups in total. The van der Waals surface area contributed by atoms with E-state index in [4.69, 9.17) is 4.74 Å². The van der Waals surface area contributed by atoms with E-state index in [1.807, 2.05) is 24.3 Å². The minimum Gasteiger partial charge on any atom is -0.497 e. The minimum absolute atomic E-state index is 0.105. The minimum atomic E-state index is -0.426. The van der Waals surface area contributed by atoms with Gasteiger partial charge in [0.15, 0.2) is 0 Å². The van der Waals surface area contributed by atoms with Crippen molar-refractivity contribution in [2.45, 2.75) is 12.5 Å². The van der Waals surface area contributed by atoms with E-state index in [0.29, 0.717) is 30.8 Å². The van der Waals surface area contributed by atoms with Crippen LogP contribution in [-0.4, -0.2) is 52.4 Å². The van der Waals surface area contributed by atoms with Gasteiger partial charge in [0, 0.05) is 18.7 Å². The van der Waals surface area contributed by atoms with Crippen molar-refractivity contribution < 1.29 is 14.6 Å². The molecule has 110 valence electrons. The number of benzene rings is 1. The number of aliphatic hydroxyl groups is 1. The van der Waals surface area contributed by atoms with Crippen LogP contribution in [-0.2, 0) is 0 Å². The van der Waals surface area contributed by atoms with Crippen molar-refractivity contribution in [2.24, 2.45) is 0 Å². The molecule has 0 saturated carbocycles. The van der Waals surface area contributed by atoms with E-state index in [2.05, 4.69) is 10.2 Å². The Hall–Kier alpha value is -2.34. The molecule has 1 aromatic carbocycles. The first-order chi connectivity index (χ1) is 10.2. The van der Waals surface area contributed by atoms with E-state index in [1.54, 1.807) is 12.0 Å². The Kier molecular flexibility index (Phi) is 3.62. The highest BCUT2D eigenvalue weighted by Crippen LogP contribution is 2.25. The summed E-state index contributed by atoms with van der Waals surface area (Å²) in [5.41, 5.74) is 2.08. The second kappa shape index (κ2) is 5.57. The van der Waals surface area contributed by atoms with Crippen LogP contribution in [0, 0.1) is 0 Å². The standard InChI is InChI=1S/C15H17N3O3/c1-21-12-4-2-10(3-5-12)14-13(8-16-17-14)15(20)18-7-6-11(19)9-18/h2-5,8,11,19H,6-7,9H2,1H3,(H,16,17)/t11-/m1/s1. The normalized spacial score (nSPS) is 18.0. The fourth-order valence-electron chi connectivity index (χ4n) is 2.52. The number of nitrogens with one attached hydrogen (secondary N) is 1. The number of amides is 1. The summed E-state index contributed by atoms with van der Waals surface area (Å²) in [6.07, 6.45) is 1.74. The summed E-state index contributed by atoms with van der Waals surface area (Å²) >= 11 is 0. The van der Waals surface area contributed by atoms with Crippen molar-refractivity contribution in [3.8, 4) is 17.0 Å². The van der Waals surface area contributed by atoms with Gasteiger partial charge in [0.25, 0.3) is 5.91 Å². The predicted molar refractivity (Wildman–Crippen MR) is 77.1 cm³/mol. The molecule has 0 unspecified atom stereocenters. The van der Waals surface area contributed by atoms with E-state index in [-0.39, 0.29) is 5.91 Å². The SMILES string of the molecule is COc1ccc(-c2[nH]ncc2C(=O)N2CC[C@@H](O)C2)cc1. The van der Waals surface area contributed by atoms with Crippen LogP contribution < -0.4 is 4.74 Å². The number of ether oxygens (including phenoxy) is 1. The summed E-state index contributed by atoms with van der Waals surface area (Å²) < 4.78 is 5.13. The Morgan fingerprint density at radius 2 is 2.19 bits per heavy atom. The highest BCUT2D eigenvalue weighted by atomic mass is 16.5. The van der Waals surface area contributed by atoms with E-state index in [1.165, 1.54) is 6.20 Å². The predicted octanol–water partition coefficient (Wildman–Crippen LogP) is 1.29. The van der Waals surface area contributed by atoms with Crippen LogP contribution in [0.15, 0.2) is 30.5 Å². The Morgan fingerprint density at radius 3 is 2.81 bits per heavy atom. The maximum atomic E-state index is 12.5. The van der Waals surface area contributed by atoms with Crippen LogP contribution in [0.5, 0.6) is 5.75 Å². The maximum Gasteiger partial charge on any atom is 0.257 e. The molecule has 1 amide bonds. The number of aromatic amines is 1. The lowest BCUT2D eigenvalue weighted by Gasteiger charge is -2.15. The van der Waals surface area contributed by atoms with Gasteiger partial charge >= 0.3 is 0 Å². The zero-order valence-corrected chi connectivity index (χ0v) is 11.7. The number of nitrogens with zero attached hydrogens (tertiary/aromatic N) is 2. The van der Waals surface area contributed by atoms with Crippen LogP contribution in [0.25, 0.3) is 11.3 Å². The topological polar surface area (TPSA) is 78.5 Å². The molecule has 1 aromatic heterocycles. The molecule has 1 aliphatic rings. The molecule has 6 heteroatoms. The van der Waals surface area contributed by atoms with Crippen molar-refractivity contribution >= 4 is 5.91 Å². The third-order valence-corrected chi connectivity index (χ3v) is 3.70. The van der Waals surface area contributed by atoms with Crippen molar-refractivity contribution in [3.05, 3.63) is 36.0 Å². The van der Waals surface area contributed by atoms with Gasteiger partial charge < -0.3 is 14.7 Å². The maximum absolute atomic E-state index is 12.5. The van der Waals surface area contributed by atoms with Crippen molar-refractivity contribution in [2.75, 3.05) is 20.2 Å². The number of aliphatic hydroxyl groups excluding tert-OH is 1. The Morgan fingerprint density at radius 1 is 1.43 bits per heavy atom. The van der Waals surface area contributed by atoms with Crippen molar-refractivity contribution in [3.63, 3.8) is 0 Å². The zero-order valence-electron chi connectivity index (χ0n) is 11.7. The number of aromatic nitrogens is 2. The summed E-state index contributed by atoms with van der Waals surface area (Å²) in [4.78, 5) is 14.2. The average molecular weight is 287 g/mol. The molecule has 0 spiro atoms. The van der Waals surface area contributed by atoms with Gasteiger partial charge in [-0.15, -0.1) is 0 Å². The lowest BCUT2D eigenvalue weighted by atomic mass is 10.1. The monoisotopic (exact) mass is 287 g/mol. The van der Waals surface area contributed by atoms with Gasteiger partial charge in [-0.2, -0.15) is 5.10 Å². The van der Waals surface area contributed by atoms with Crippen molar-refractivity contribution in [1.29, 1.82) is 0 Å². The van der Waals surface area contributed by atoms with E-state index in [9.17, 15) is 9.90 Å². The summed E-state index contributed by atoms with van der Waals surface area (Å²) in [7, 11) is 1.61. The molecule has 2 heterocycles. The summed E-state index contributed by atoms with van der Waals surface area (Å²) in [5.74, 6) is 0.653. The molecule has 1 aliphatic heterocycles. The van der Waals surface area contributed by atoms with Gasteiger partial charge in [-0.3, -0.25) is 9.89 Å². The van der Waals surface area contributed by atoms with Gasteiger partial charge in [0.1, 0.15) is 5.75 Å². The lowest BCUT2D eigenvalue weighted by Crippen LogP contribution is -2.29. The molecule has 1 saturated heterocycles. The molecule has 0 radical (unpaired) electrons. The first-order valence-corrected chi connectivity index (χ1v) is 6.84. The van der Waals surface area contributed by atoms with Crippen LogP contribution >= 0.6 is 0 Å². The molecule has 6 nitrogen and oxygen atoms in total. The number of hydrogen-bond donors (Lipinski definition) is 2. The molecule has 0 bridgehead atoms. The van der Waals surface area contributed by atoms with Gasteiger partial charge in [-0.05, 0) is 30.7 Å². The molecule has 0 aliphatic carbocycles. The Labute approximate surface area is 122 Å². The molecule has 2 aromatic rings. The number of H-pyrrole nitrogens is 1. The first-order valence-electron chi connectivity index (χ1n) is 6.84. The van der Waals surface area contributed by atoms with Crippen LogP contribution in [0.3, 0.4) is 0 Å². The quantitative estimate of drug-likeness (QED) is 0.891. The van der Waals surface area contributed by atoms with Gasteiger partial charge in [-0.25, -0.2) is 0 Å². The van der Waals surface area contributed by atoms with E-state index >= 15 is 0 Å². The molecule has 21 heavy (non-hydrogen) atoms. The fraction of sp³-hybridized carbons (Fsp3) is 0.333. The number of carbonyl (C=O) groups excluding carboxylic acids is 1. The molecule has 1 fully saturated rings. The number of likely N-dealkylation sites (tertiary alicyclic amines) is 1. The number of methoxy groups -OCH3 is 1. The molecule has 1 atom stereocenters. The van der Waals surface area contributed by atoms with Crippen molar-refractivity contribution in [1.82, 2.24) is 15.1 Å². The summed E-state index contributed by atoms with van der Waals surface area (Å²) in [6.45, 7) is 0.958. The second-order valence-electron chi connectivity index (χ2n) is 5.08. The highest BCUT2D eigenvalue weighted by molar-refractivity contribution is 5.99. The third-order valence-electron chi connectivity index (χ3n) is 3.70.